The molecular formula is C14H23BrN2. The molecule has 0 saturated heterocycles. The highest BCUT2D eigenvalue weighted by molar-refractivity contribution is 9.10. The summed E-state index contributed by atoms with van der Waals surface area (Å²) in [6.45, 7) is 5.36. The van der Waals surface area contributed by atoms with Crippen LogP contribution in [0.4, 0.5) is 5.69 Å². The fourth-order valence-corrected chi connectivity index (χ4v) is 2.20. The van der Waals surface area contributed by atoms with Gasteiger partial charge in [-0.05, 0) is 37.1 Å². The quantitative estimate of drug-likeness (QED) is 0.588. The Morgan fingerprint density at radius 2 is 2.12 bits per heavy atom. The molecule has 17 heavy (non-hydrogen) atoms. The summed E-state index contributed by atoms with van der Waals surface area (Å²) < 4.78 is 1.12. The molecule has 0 saturated carbocycles. The zero-order valence-corrected chi connectivity index (χ0v) is 12.4. The summed E-state index contributed by atoms with van der Waals surface area (Å²) in [4.78, 5) is 0. The Bertz CT molecular complexity index is 339. The first kappa shape index (κ1) is 14.5. The Balaban J connectivity index is 2.36. The molecule has 0 radical (unpaired) electrons. The smallest absolute Gasteiger partial charge is 0.0318 e. The van der Waals surface area contributed by atoms with E-state index in [1.807, 2.05) is 18.2 Å². The molecule has 3 heteroatoms. The average molecular weight is 299 g/mol. The lowest BCUT2D eigenvalue weighted by Crippen LogP contribution is -2.25. The lowest BCUT2D eigenvalue weighted by Gasteiger charge is -2.14. The number of nitrogen functional groups attached to an aromatic ring is 1. The van der Waals surface area contributed by atoms with Crippen molar-refractivity contribution in [1.82, 2.24) is 5.32 Å². The topological polar surface area (TPSA) is 38.0 Å². The molecule has 1 aromatic carbocycles. The van der Waals surface area contributed by atoms with Crippen LogP contribution in [0.1, 0.15) is 45.1 Å². The van der Waals surface area contributed by atoms with E-state index in [-0.39, 0.29) is 0 Å². The van der Waals surface area contributed by atoms with Crippen LogP contribution in [0, 0.1) is 0 Å². The molecule has 0 amide bonds. The fraction of sp³-hybridized carbons (Fsp3) is 0.571. The normalized spacial score (nSPS) is 12.6. The highest BCUT2D eigenvalue weighted by atomic mass is 79.9. The summed E-state index contributed by atoms with van der Waals surface area (Å²) in [6, 6.07) is 6.51. The van der Waals surface area contributed by atoms with Gasteiger partial charge < -0.3 is 11.1 Å². The summed E-state index contributed by atoms with van der Waals surface area (Å²) >= 11 is 3.55. The molecule has 0 bridgehead atoms. The van der Waals surface area contributed by atoms with Crippen molar-refractivity contribution >= 4 is 21.6 Å². The monoisotopic (exact) mass is 298 g/mol. The zero-order valence-electron chi connectivity index (χ0n) is 10.8. The Labute approximate surface area is 113 Å². The largest absolute Gasteiger partial charge is 0.399 e. The van der Waals surface area contributed by atoms with Gasteiger partial charge in [0.15, 0.2) is 0 Å². The predicted molar refractivity (Wildman–Crippen MR) is 79.0 cm³/mol. The van der Waals surface area contributed by atoms with Crippen molar-refractivity contribution in [2.75, 3.05) is 5.73 Å². The van der Waals surface area contributed by atoms with E-state index in [1.54, 1.807) is 0 Å². The Hall–Kier alpha value is -0.540. The van der Waals surface area contributed by atoms with E-state index < -0.39 is 0 Å². The standard InChI is InChI=1S/C14H23BrN2/c1-3-4-5-6-11(2)17-10-12-9-13(16)7-8-14(12)15/h7-9,11,17H,3-6,10,16H2,1-2H3. The second kappa shape index (κ2) is 7.72. The molecule has 96 valence electrons. The molecule has 1 atom stereocenters. The van der Waals surface area contributed by atoms with Crippen LogP contribution >= 0.6 is 15.9 Å². The van der Waals surface area contributed by atoms with Crippen LogP contribution in [0.3, 0.4) is 0 Å². The minimum Gasteiger partial charge on any atom is -0.399 e. The highest BCUT2D eigenvalue weighted by Gasteiger charge is 2.04. The van der Waals surface area contributed by atoms with Crippen LogP contribution in [0.15, 0.2) is 22.7 Å². The van der Waals surface area contributed by atoms with Gasteiger partial charge in [0.2, 0.25) is 0 Å². The Morgan fingerprint density at radius 1 is 1.35 bits per heavy atom. The second-order valence-corrected chi connectivity index (χ2v) is 5.48. The van der Waals surface area contributed by atoms with Gasteiger partial charge in [-0.1, -0.05) is 42.1 Å². The number of nitrogens with one attached hydrogen (secondary N) is 1. The minimum absolute atomic E-state index is 0.565. The van der Waals surface area contributed by atoms with E-state index in [0.717, 1.165) is 16.7 Å². The van der Waals surface area contributed by atoms with E-state index in [2.05, 4.69) is 35.1 Å². The lowest BCUT2D eigenvalue weighted by atomic mass is 10.1. The van der Waals surface area contributed by atoms with Crippen molar-refractivity contribution in [3.8, 4) is 0 Å². The maximum atomic E-state index is 5.78. The lowest BCUT2D eigenvalue weighted by molar-refractivity contribution is 0.487. The molecule has 0 aliphatic rings. The van der Waals surface area contributed by atoms with Gasteiger partial charge in [-0.3, -0.25) is 0 Å². The van der Waals surface area contributed by atoms with Crippen LogP contribution in [-0.2, 0) is 6.54 Å². The van der Waals surface area contributed by atoms with Crippen molar-refractivity contribution in [1.29, 1.82) is 0 Å². The van der Waals surface area contributed by atoms with Crippen LogP contribution in [0.5, 0.6) is 0 Å². The minimum atomic E-state index is 0.565. The van der Waals surface area contributed by atoms with Crippen LogP contribution in [0.2, 0.25) is 0 Å². The number of unbranched alkanes of at least 4 members (excludes halogenated alkanes) is 2. The van der Waals surface area contributed by atoms with E-state index in [0.29, 0.717) is 6.04 Å². The van der Waals surface area contributed by atoms with E-state index in [9.17, 15) is 0 Å². The van der Waals surface area contributed by atoms with Crippen molar-refractivity contribution in [3.63, 3.8) is 0 Å². The van der Waals surface area contributed by atoms with Crippen molar-refractivity contribution < 1.29 is 0 Å². The van der Waals surface area contributed by atoms with Crippen molar-refractivity contribution in [2.24, 2.45) is 0 Å². The highest BCUT2D eigenvalue weighted by Crippen LogP contribution is 2.19. The molecule has 2 nitrogen and oxygen atoms in total. The summed E-state index contributed by atoms with van der Waals surface area (Å²) in [5.74, 6) is 0. The van der Waals surface area contributed by atoms with Crippen LogP contribution in [-0.4, -0.2) is 6.04 Å². The molecule has 0 aromatic heterocycles. The second-order valence-electron chi connectivity index (χ2n) is 4.63. The van der Waals surface area contributed by atoms with Gasteiger partial charge >= 0.3 is 0 Å². The van der Waals surface area contributed by atoms with Gasteiger partial charge in [-0.2, -0.15) is 0 Å². The molecule has 1 rings (SSSR count). The third kappa shape index (κ3) is 5.55. The predicted octanol–water partition coefficient (Wildman–Crippen LogP) is 4.09. The number of hydrogen-bond acceptors (Lipinski definition) is 2. The Kier molecular flexibility index (Phi) is 6.60. The van der Waals surface area contributed by atoms with Gasteiger partial charge in [-0.15, -0.1) is 0 Å². The molecule has 0 aliphatic carbocycles. The summed E-state index contributed by atoms with van der Waals surface area (Å²) in [5, 5.41) is 3.54. The number of anilines is 1. The Morgan fingerprint density at radius 3 is 2.82 bits per heavy atom. The van der Waals surface area contributed by atoms with Crippen molar-refractivity contribution in [2.45, 2.75) is 52.1 Å². The fourth-order valence-electron chi connectivity index (χ4n) is 1.82. The summed E-state index contributed by atoms with van der Waals surface area (Å²) in [6.07, 6.45) is 5.16. The van der Waals surface area contributed by atoms with E-state index in [4.69, 9.17) is 5.73 Å². The van der Waals surface area contributed by atoms with Gasteiger partial charge in [0.05, 0.1) is 0 Å². The maximum absolute atomic E-state index is 5.78. The van der Waals surface area contributed by atoms with Gasteiger partial charge in [0.1, 0.15) is 0 Å². The number of nitrogens with two attached hydrogens (primary N) is 1. The third-order valence-corrected chi connectivity index (χ3v) is 3.73. The number of benzene rings is 1. The first-order valence-corrected chi connectivity index (χ1v) is 7.20. The zero-order chi connectivity index (χ0) is 12.7. The third-order valence-electron chi connectivity index (χ3n) is 2.95. The molecule has 0 fully saturated rings. The number of rotatable bonds is 7. The molecule has 1 unspecified atom stereocenters. The molecule has 0 aliphatic heterocycles. The maximum Gasteiger partial charge on any atom is 0.0318 e. The summed E-state index contributed by atoms with van der Waals surface area (Å²) in [5.41, 5.74) is 7.84. The first-order chi connectivity index (χ1) is 8.13. The molecule has 3 N–H and O–H groups in total. The van der Waals surface area contributed by atoms with Crippen LogP contribution in [0.25, 0.3) is 0 Å². The SMILES string of the molecule is CCCCCC(C)NCc1cc(N)ccc1Br. The van der Waals surface area contributed by atoms with Crippen molar-refractivity contribution in [3.05, 3.63) is 28.2 Å². The first-order valence-electron chi connectivity index (χ1n) is 6.40. The number of halogens is 1. The van der Waals surface area contributed by atoms with E-state index >= 15 is 0 Å². The molecule has 1 aromatic rings. The van der Waals surface area contributed by atoms with Gasteiger partial charge in [-0.25, -0.2) is 0 Å². The number of hydrogen-bond donors (Lipinski definition) is 2. The van der Waals surface area contributed by atoms with Gasteiger partial charge in [0, 0.05) is 22.7 Å². The average Bonchev–Trinajstić information content (AvgIpc) is 2.31. The summed E-state index contributed by atoms with van der Waals surface area (Å²) in [7, 11) is 0. The molecular weight excluding hydrogens is 276 g/mol. The molecule has 0 spiro atoms. The van der Waals surface area contributed by atoms with E-state index in [1.165, 1.54) is 31.2 Å². The van der Waals surface area contributed by atoms with Crippen LogP contribution < -0.4 is 11.1 Å². The molecule has 0 heterocycles. The van der Waals surface area contributed by atoms with Gasteiger partial charge in [0.25, 0.3) is 0 Å².